The second kappa shape index (κ2) is 10.6. The molecule has 176 valence electrons. The molecule has 0 saturated carbocycles. The Balaban J connectivity index is 2.68. The number of ether oxygens (including phenoxy) is 6. The molecule has 1 heterocycles. The van der Waals surface area contributed by atoms with E-state index >= 15 is 0 Å². The maximum atomic E-state index is 12.0. The Kier molecular flexibility index (Phi) is 8.34. The van der Waals surface area contributed by atoms with Crippen molar-refractivity contribution >= 4 is 23.9 Å². The van der Waals surface area contributed by atoms with E-state index in [-0.39, 0.29) is 6.61 Å². The lowest BCUT2D eigenvalue weighted by molar-refractivity contribution is -0.367. The fraction of sp³-hybridized carbons (Fsp3) is 0.545. The molecule has 0 aromatic heterocycles. The van der Waals surface area contributed by atoms with E-state index in [0.29, 0.717) is 5.56 Å². The molecule has 10 heteroatoms. The van der Waals surface area contributed by atoms with E-state index in [0.717, 1.165) is 19.4 Å². The van der Waals surface area contributed by atoms with Gasteiger partial charge in [0.25, 0.3) is 0 Å². The van der Waals surface area contributed by atoms with Gasteiger partial charge in [-0.05, 0) is 6.92 Å². The lowest BCUT2D eigenvalue weighted by Crippen LogP contribution is -2.67. The largest absolute Gasteiger partial charge is 0.463 e. The minimum atomic E-state index is -1.76. The number of carbonyl (C=O) groups excluding carboxylic acids is 4. The minimum Gasteiger partial charge on any atom is -0.463 e. The van der Waals surface area contributed by atoms with Gasteiger partial charge in [-0.2, -0.15) is 0 Å². The van der Waals surface area contributed by atoms with E-state index in [2.05, 4.69) is 0 Å². The third-order valence-electron chi connectivity index (χ3n) is 4.79. The Morgan fingerprint density at radius 1 is 0.844 bits per heavy atom. The van der Waals surface area contributed by atoms with E-state index in [9.17, 15) is 19.2 Å². The molecule has 0 N–H and O–H groups in total. The molecule has 5 unspecified atom stereocenters. The average Bonchev–Trinajstić information content (AvgIpc) is 2.69. The third kappa shape index (κ3) is 5.83. The van der Waals surface area contributed by atoms with E-state index in [4.69, 9.17) is 28.4 Å². The molecule has 0 radical (unpaired) electrons. The lowest BCUT2D eigenvalue weighted by Gasteiger charge is -2.50. The number of hydrogen-bond donors (Lipinski definition) is 0. The zero-order valence-electron chi connectivity index (χ0n) is 18.9. The summed E-state index contributed by atoms with van der Waals surface area (Å²) in [4.78, 5) is 47.2. The second-order valence-electron chi connectivity index (χ2n) is 7.37. The minimum absolute atomic E-state index is 0.338. The van der Waals surface area contributed by atoms with Gasteiger partial charge >= 0.3 is 23.9 Å². The monoisotopic (exact) mass is 452 g/mol. The number of aryl methyl sites for hydroxylation is 1. The van der Waals surface area contributed by atoms with Crippen LogP contribution in [-0.4, -0.2) is 62.0 Å². The van der Waals surface area contributed by atoms with Gasteiger partial charge in [-0.1, -0.05) is 29.8 Å². The van der Waals surface area contributed by atoms with Crippen LogP contribution in [-0.2, 0) is 53.4 Å². The molecular formula is C22H28O10. The first kappa shape index (κ1) is 25.3. The normalized spacial score (nSPS) is 27.2. The maximum Gasteiger partial charge on any atom is 0.303 e. The van der Waals surface area contributed by atoms with Gasteiger partial charge in [-0.3, -0.25) is 19.2 Å². The molecule has 1 aliphatic rings. The molecule has 1 fully saturated rings. The highest BCUT2D eigenvalue weighted by Gasteiger charge is 2.61. The molecule has 2 rings (SSSR count). The summed E-state index contributed by atoms with van der Waals surface area (Å²) in [5.74, 6) is -4.48. The van der Waals surface area contributed by atoms with Crippen molar-refractivity contribution in [3.8, 4) is 0 Å². The predicted molar refractivity (Wildman–Crippen MR) is 108 cm³/mol. The molecule has 0 spiro atoms. The topological polar surface area (TPSA) is 124 Å². The van der Waals surface area contributed by atoms with Gasteiger partial charge in [-0.15, -0.1) is 0 Å². The van der Waals surface area contributed by atoms with Crippen LogP contribution < -0.4 is 0 Å². The number of hydrogen-bond acceptors (Lipinski definition) is 10. The third-order valence-corrected chi connectivity index (χ3v) is 4.79. The number of carbonyl (C=O) groups is 4. The summed E-state index contributed by atoms with van der Waals surface area (Å²) in [6, 6.07) is 7.00. The molecule has 5 atom stereocenters. The van der Waals surface area contributed by atoms with Crippen molar-refractivity contribution in [2.45, 2.75) is 64.8 Å². The number of esters is 4. The maximum absolute atomic E-state index is 12.0. The second-order valence-corrected chi connectivity index (χ2v) is 7.37. The molecule has 1 aromatic carbocycles. The van der Waals surface area contributed by atoms with Crippen LogP contribution in [0.25, 0.3) is 0 Å². The lowest BCUT2D eigenvalue weighted by atomic mass is 9.87. The molecule has 0 bridgehead atoms. The van der Waals surface area contributed by atoms with Crippen molar-refractivity contribution < 1.29 is 47.6 Å². The van der Waals surface area contributed by atoms with Crippen LogP contribution in [0.1, 0.15) is 38.8 Å². The van der Waals surface area contributed by atoms with Gasteiger partial charge in [-0.25, -0.2) is 0 Å². The summed E-state index contributed by atoms with van der Waals surface area (Å²) in [6.45, 7) is 6.25. The zero-order chi connectivity index (χ0) is 24.1. The quantitative estimate of drug-likeness (QED) is 0.444. The molecule has 1 aliphatic heterocycles. The summed E-state index contributed by atoms with van der Waals surface area (Å²) in [5, 5.41) is 0. The Hall–Kier alpha value is -2.98. The molecule has 0 aliphatic carbocycles. The summed E-state index contributed by atoms with van der Waals surface area (Å²) in [5.41, 5.74) is 1.40. The molecule has 1 aromatic rings. The molecule has 0 amide bonds. The van der Waals surface area contributed by atoms with Crippen molar-refractivity contribution in [1.82, 2.24) is 0 Å². The van der Waals surface area contributed by atoms with Gasteiger partial charge in [0, 0.05) is 40.4 Å². The fourth-order valence-electron chi connectivity index (χ4n) is 3.57. The number of benzene rings is 1. The van der Waals surface area contributed by atoms with Crippen LogP contribution in [0.5, 0.6) is 0 Å². The number of methoxy groups -OCH3 is 1. The van der Waals surface area contributed by atoms with Crippen molar-refractivity contribution in [3.63, 3.8) is 0 Å². The predicted octanol–water partition coefficient (Wildman–Crippen LogP) is 1.55. The fourth-order valence-corrected chi connectivity index (χ4v) is 3.57. The highest BCUT2D eigenvalue weighted by Crippen LogP contribution is 2.43. The smallest absolute Gasteiger partial charge is 0.303 e. The van der Waals surface area contributed by atoms with E-state index in [1.54, 1.807) is 24.3 Å². The highest BCUT2D eigenvalue weighted by atomic mass is 16.7. The first-order chi connectivity index (χ1) is 15.0. The van der Waals surface area contributed by atoms with E-state index in [1.165, 1.54) is 21.0 Å². The van der Waals surface area contributed by atoms with Crippen LogP contribution >= 0.6 is 0 Å². The van der Waals surface area contributed by atoms with E-state index in [1.807, 2.05) is 6.92 Å². The van der Waals surface area contributed by atoms with Gasteiger partial charge in [0.05, 0.1) is 0 Å². The van der Waals surface area contributed by atoms with Crippen molar-refractivity contribution in [2.24, 2.45) is 0 Å². The Bertz CT molecular complexity index is 849. The van der Waals surface area contributed by atoms with Gasteiger partial charge < -0.3 is 28.4 Å². The summed E-state index contributed by atoms with van der Waals surface area (Å²) >= 11 is 0. The van der Waals surface area contributed by atoms with Crippen molar-refractivity contribution in [2.75, 3.05) is 13.7 Å². The van der Waals surface area contributed by atoms with Gasteiger partial charge in [0.2, 0.25) is 11.9 Å². The van der Waals surface area contributed by atoms with Crippen molar-refractivity contribution in [1.29, 1.82) is 0 Å². The number of rotatable bonds is 7. The molecule has 10 nitrogen and oxygen atoms in total. The highest BCUT2D eigenvalue weighted by molar-refractivity contribution is 5.69. The van der Waals surface area contributed by atoms with Crippen molar-refractivity contribution in [3.05, 3.63) is 35.4 Å². The van der Waals surface area contributed by atoms with Gasteiger partial charge in [0.1, 0.15) is 12.7 Å². The molecule has 1 saturated heterocycles. The Morgan fingerprint density at radius 3 is 1.84 bits per heavy atom. The van der Waals surface area contributed by atoms with E-state index < -0.39 is 54.1 Å². The first-order valence-electron chi connectivity index (χ1n) is 9.95. The SMILES string of the molecule is COC1(c2ccc(C)cc2)OC(COC(C)=O)C(OC(C)=O)C(OC(C)=O)C1OC(C)=O. The summed E-state index contributed by atoms with van der Waals surface area (Å²) < 4.78 is 33.4. The molecule has 32 heavy (non-hydrogen) atoms. The standard InChI is InChI=1S/C22H28O10/c1-12-7-9-17(10-8-12)22(27-6)21(31-16(5)26)20(30-15(4)25)19(29-14(3)24)18(32-22)11-28-13(2)23/h7-10,18-21H,11H2,1-6H3. The Labute approximate surface area is 186 Å². The molecular weight excluding hydrogens is 424 g/mol. The zero-order valence-corrected chi connectivity index (χ0v) is 18.9. The van der Waals surface area contributed by atoms with Crippen LogP contribution in [0.2, 0.25) is 0 Å². The first-order valence-corrected chi connectivity index (χ1v) is 9.95. The summed E-state index contributed by atoms with van der Waals surface area (Å²) in [7, 11) is 1.33. The van der Waals surface area contributed by atoms with Crippen LogP contribution in [0.4, 0.5) is 0 Å². The Morgan fingerprint density at radius 2 is 1.38 bits per heavy atom. The van der Waals surface area contributed by atoms with Crippen LogP contribution in [0.15, 0.2) is 24.3 Å². The van der Waals surface area contributed by atoms with Crippen LogP contribution in [0, 0.1) is 6.92 Å². The van der Waals surface area contributed by atoms with Crippen LogP contribution in [0.3, 0.4) is 0 Å². The summed E-state index contributed by atoms with van der Waals surface area (Å²) in [6.07, 6.45) is -5.04. The average molecular weight is 452 g/mol. The van der Waals surface area contributed by atoms with Gasteiger partial charge in [0.15, 0.2) is 12.2 Å².